The minimum absolute atomic E-state index is 0.355. The third-order valence-electron chi connectivity index (χ3n) is 5.20. The summed E-state index contributed by atoms with van der Waals surface area (Å²) in [5, 5.41) is 0. The van der Waals surface area contributed by atoms with Crippen LogP contribution >= 0.6 is 0 Å². The van der Waals surface area contributed by atoms with E-state index in [1.165, 1.54) is 7.11 Å². The highest BCUT2D eigenvalue weighted by Gasteiger charge is 2.28. The van der Waals surface area contributed by atoms with Gasteiger partial charge >= 0.3 is 5.97 Å². The molecule has 1 fully saturated rings. The van der Waals surface area contributed by atoms with Crippen LogP contribution < -0.4 is 0 Å². The Morgan fingerprint density at radius 1 is 1.00 bits per heavy atom. The van der Waals surface area contributed by atoms with E-state index in [1.807, 2.05) is 38.1 Å². The molecule has 1 aliphatic heterocycles. The summed E-state index contributed by atoms with van der Waals surface area (Å²) in [7, 11) is -2.11. The number of sulfonamides is 1. The SMILES string of the molecule is COC(=O)c1cccc(CN2CCN(S(=O)(=O)c3ccc(C)c(C)c3)CC2)c1. The predicted molar refractivity (Wildman–Crippen MR) is 108 cm³/mol. The minimum Gasteiger partial charge on any atom is -0.465 e. The Morgan fingerprint density at radius 2 is 1.71 bits per heavy atom. The molecule has 150 valence electrons. The fraction of sp³-hybridized carbons (Fsp3) is 0.381. The zero-order valence-corrected chi connectivity index (χ0v) is 17.3. The molecule has 0 saturated carbocycles. The minimum atomic E-state index is -3.47. The van der Waals surface area contributed by atoms with Crippen molar-refractivity contribution in [1.82, 2.24) is 9.21 Å². The molecule has 2 aromatic rings. The third kappa shape index (κ3) is 4.43. The molecule has 0 spiro atoms. The van der Waals surface area contributed by atoms with Crippen molar-refractivity contribution in [1.29, 1.82) is 0 Å². The summed E-state index contributed by atoms with van der Waals surface area (Å²) >= 11 is 0. The lowest BCUT2D eigenvalue weighted by molar-refractivity contribution is 0.0600. The van der Waals surface area contributed by atoms with Crippen molar-refractivity contribution in [2.75, 3.05) is 33.3 Å². The van der Waals surface area contributed by atoms with Crippen LogP contribution in [0.1, 0.15) is 27.0 Å². The van der Waals surface area contributed by atoms with Gasteiger partial charge in [0.25, 0.3) is 0 Å². The molecule has 0 aliphatic carbocycles. The van der Waals surface area contributed by atoms with E-state index in [9.17, 15) is 13.2 Å². The Labute approximate surface area is 166 Å². The van der Waals surface area contributed by atoms with Gasteiger partial charge < -0.3 is 4.74 Å². The van der Waals surface area contributed by atoms with Crippen LogP contribution in [0.3, 0.4) is 0 Å². The number of ether oxygens (including phenoxy) is 1. The van der Waals surface area contributed by atoms with Crippen LogP contribution in [-0.4, -0.2) is 56.9 Å². The standard InChI is InChI=1S/C21H26N2O4S/c1-16-7-8-20(13-17(16)2)28(25,26)23-11-9-22(10-12-23)15-18-5-4-6-19(14-18)21(24)27-3/h4-8,13-14H,9-12,15H2,1-3H3. The fourth-order valence-corrected chi connectivity index (χ4v) is 4.83. The van der Waals surface area contributed by atoms with Gasteiger partial charge in [0.2, 0.25) is 10.0 Å². The van der Waals surface area contributed by atoms with E-state index in [0.29, 0.717) is 43.2 Å². The van der Waals surface area contributed by atoms with Gasteiger partial charge in [-0.25, -0.2) is 13.2 Å². The molecule has 0 radical (unpaired) electrons. The maximum Gasteiger partial charge on any atom is 0.337 e. The highest BCUT2D eigenvalue weighted by molar-refractivity contribution is 7.89. The van der Waals surface area contributed by atoms with Gasteiger partial charge in [0, 0.05) is 32.7 Å². The average Bonchev–Trinajstić information content (AvgIpc) is 2.70. The maximum atomic E-state index is 12.9. The molecule has 28 heavy (non-hydrogen) atoms. The summed E-state index contributed by atoms with van der Waals surface area (Å²) in [5.41, 5.74) is 3.59. The summed E-state index contributed by atoms with van der Waals surface area (Å²) in [6, 6.07) is 12.6. The molecule has 1 aliphatic rings. The monoisotopic (exact) mass is 402 g/mol. The molecule has 0 N–H and O–H groups in total. The number of methoxy groups -OCH3 is 1. The van der Waals surface area contributed by atoms with Crippen molar-refractivity contribution in [3.63, 3.8) is 0 Å². The number of hydrogen-bond donors (Lipinski definition) is 0. The van der Waals surface area contributed by atoms with Crippen LogP contribution in [0.5, 0.6) is 0 Å². The van der Waals surface area contributed by atoms with Gasteiger partial charge in [-0.15, -0.1) is 0 Å². The quantitative estimate of drug-likeness (QED) is 0.719. The average molecular weight is 403 g/mol. The van der Waals surface area contributed by atoms with Gasteiger partial charge in [-0.3, -0.25) is 4.90 Å². The maximum absolute atomic E-state index is 12.9. The highest BCUT2D eigenvalue weighted by Crippen LogP contribution is 2.21. The van der Waals surface area contributed by atoms with Gasteiger partial charge in [-0.1, -0.05) is 18.2 Å². The number of rotatable bonds is 5. The number of piperazine rings is 1. The number of aryl methyl sites for hydroxylation is 2. The van der Waals surface area contributed by atoms with Crippen LogP contribution in [0.25, 0.3) is 0 Å². The Bertz CT molecular complexity index is 964. The van der Waals surface area contributed by atoms with Gasteiger partial charge in [0.1, 0.15) is 0 Å². The summed E-state index contributed by atoms with van der Waals surface area (Å²) in [4.78, 5) is 14.2. The number of carbonyl (C=O) groups is 1. The molecule has 6 nitrogen and oxygen atoms in total. The first kappa shape index (κ1) is 20.5. The largest absolute Gasteiger partial charge is 0.465 e. The first-order chi connectivity index (χ1) is 13.3. The van der Waals surface area contributed by atoms with Crippen molar-refractivity contribution in [2.45, 2.75) is 25.3 Å². The molecule has 0 bridgehead atoms. The van der Waals surface area contributed by atoms with E-state index < -0.39 is 10.0 Å². The van der Waals surface area contributed by atoms with Crippen molar-refractivity contribution in [3.8, 4) is 0 Å². The van der Waals surface area contributed by atoms with E-state index in [2.05, 4.69) is 4.90 Å². The molecule has 3 rings (SSSR count). The van der Waals surface area contributed by atoms with Gasteiger partial charge in [-0.05, 0) is 54.8 Å². The number of carbonyl (C=O) groups excluding carboxylic acids is 1. The van der Waals surface area contributed by atoms with E-state index in [-0.39, 0.29) is 5.97 Å². The summed E-state index contributed by atoms with van der Waals surface area (Å²) in [6.07, 6.45) is 0. The molecular formula is C21H26N2O4S. The van der Waals surface area contributed by atoms with Gasteiger partial charge in [0.05, 0.1) is 17.6 Å². The second-order valence-corrected chi connectivity index (χ2v) is 9.06. The molecule has 0 aromatic heterocycles. The molecular weight excluding hydrogens is 376 g/mol. The normalized spacial score (nSPS) is 16.1. The predicted octanol–water partition coefficient (Wildman–Crippen LogP) is 2.60. The van der Waals surface area contributed by atoms with Crippen LogP contribution in [0, 0.1) is 13.8 Å². The van der Waals surface area contributed by atoms with E-state index >= 15 is 0 Å². The van der Waals surface area contributed by atoms with Crippen LogP contribution in [0.15, 0.2) is 47.4 Å². The smallest absolute Gasteiger partial charge is 0.337 e. The van der Waals surface area contributed by atoms with Crippen molar-refractivity contribution in [2.24, 2.45) is 0 Å². The molecule has 0 unspecified atom stereocenters. The lowest BCUT2D eigenvalue weighted by Gasteiger charge is -2.34. The topological polar surface area (TPSA) is 66.9 Å². The van der Waals surface area contributed by atoms with Crippen LogP contribution in [-0.2, 0) is 21.3 Å². The number of benzene rings is 2. The van der Waals surface area contributed by atoms with Crippen LogP contribution in [0.4, 0.5) is 0 Å². The Kier molecular flexibility index (Phi) is 6.17. The van der Waals surface area contributed by atoms with Crippen molar-refractivity contribution >= 4 is 16.0 Å². The number of nitrogens with zero attached hydrogens (tertiary/aromatic N) is 2. The highest BCUT2D eigenvalue weighted by atomic mass is 32.2. The first-order valence-corrected chi connectivity index (χ1v) is 10.7. The molecule has 1 heterocycles. The van der Waals surface area contributed by atoms with Crippen LogP contribution in [0.2, 0.25) is 0 Å². The first-order valence-electron chi connectivity index (χ1n) is 9.28. The molecule has 1 saturated heterocycles. The number of esters is 1. The lowest BCUT2D eigenvalue weighted by Crippen LogP contribution is -2.48. The second-order valence-electron chi connectivity index (χ2n) is 7.12. The Morgan fingerprint density at radius 3 is 2.36 bits per heavy atom. The lowest BCUT2D eigenvalue weighted by atomic mass is 10.1. The number of hydrogen-bond acceptors (Lipinski definition) is 5. The van der Waals surface area contributed by atoms with Crippen molar-refractivity contribution in [3.05, 3.63) is 64.7 Å². The summed E-state index contributed by atoms with van der Waals surface area (Å²) < 4.78 is 32.2. The molecule has 0 atom stereocenters. The fourth-order valence-electron chi connectivity index (χ4n) is 3.32. The molecule has 2 aromatic carbocycles. The van der Waals surface area contributed by atoms with Gasteiger partial charge in [0.15, 0.2) is 0 Å². The van der Waals surface area contributed by atoms with E-state index in [4.69, 9.17) is 4.74 Å². The van der Waals surface area contributed by atoms with Gasteiger partial charge in [-0.2, -0.15) is 4.31 Å². The zero-order valence-electron chi connectivity index (χ0n) is 16.5. The van der Waals surface area contributed by atoms with E-state index in [0.717, 1.165) is 16.7 Å². The molecule has 7 heteroatoms. The van der Waals surface area contributed by atoms with E-state index in [1.54, 1.807) is 22.5 Å². The Balaban J connectivity index is 1.64. The summed E-state index contributed by atoms with van der Waals surface area (Å²) in [6.45, 7) is 6.76. The second kappa shape index (κ2) is 8.43. The zero-order chi connectivity index (χ0) is 20.3. The molecule has 0 amide bonds. The Hall–Kier alpha value is -2.22. The third-order valence-corrected chi connectivity index (χ3v) is 7.10. The van der Waals surface area contributed by atoms with Crippen molar-refractivity contribution < 1.29 is 17.9 Å². The summed E-state index contributed by atoms with van der Waals surface area (Å²) in [5.74, 6) is -0.355.